The summed E-state index contributed by atoms with van der Waals surface area (Å²) in [6, 6.07) is 15.1. The lowest BCUT2D eigenvalue weighted by atomic mass is 10.00. The average molecular weight is 369 g/mol. The third-order valence-corrected chi connectivity index (χ3v) is 5.06. The summed E-state index contributed by atoms with van der Waals surface area (Å²) in [4.78, 5) is 0. The first-order chi connectivity index (χ1) is 8.75. The number of benzene rings is 2. The molecule has 0 saturated heterocycles. The van der Waals surface area contributed by atoms with Crippen LogP contribution in [0.5, 0.6) is 0 Å². The molecule has 0 saturated carbocycles. The van der Waals surface area contributed by atoms with Gasteiger partial charge in [0.15, 0.2) is 0 Å². The van der Waals surface area contributed by atoms with E-state index in [4.69, 9.17) is 11.6 Å². The monoisotopic (exact) mass is 368 g/mol. The van der Waals surface area contributed by atoms with Crippen molar-refractivity contribution in [2.45, 2.75) is 24.6 Å². The van der Waals surface area contributed by atoms with Crippen LogP contribution in [-0.4, -0.2) is 0 Å². The molecule has 0 amide bonds. The number of fused-ring (bicyclic) bond motifs is 1. The van der Waals surface area contributed by atoms with E-state index >= 15 is 0 Å². The maximum atomic E-state index is 6.63. The van der Waals surface area contributed by atoms with Gasteiger partial charge in [-0.15, -0.1) is 11.6 Å². The van der Waals surface area contributed by atoms with Gasteiger partial charge in [0.05, 0.1) is 5.38 Å². The van der Waals surface area contributed by atoms with Crippen molar-refractivity contribution < 1.29 is 0 Å². The molecule has 0 aromatic heterocycles. The highest BCUT2D eigenvalue weighted by molar-refractivity contribution is 14.1. The number of hydrogen-bond acceptors (Lipinski definition) is 0. The molecule has 2 aromatic carbocycles. The Morgan fingerprint density at radius 2 is 1.78 bits per heavy atom. The number of alkyl halides is 1. The lowest BCUT2D eigenvalue weighted by molar-refractivity contribution is 0.911. The summed E-state index contributed by atoms with van der Waals surface area (Å²) in [6.45, 7) is 0. The van der Waals surface area contributed by atoms with Crippen molar-refractivity contribution >= 4 is 34.2 Å². The Balaban J connectivity index is 1.98. The van der Waals surface area contributed by atoms with Gasteiger partial charge in [-0.1, -0.05) is 36.4 Å². The molecule has 0 radical (unpaired) electrons. The van der Waals surface area contributed by atoms with Crippen LogP contribution in [0, 0.1) is 3.57 Å². The van der Waals surface area contributed by atoms with Gasteiger partial charge in [0, 0.05) is 3.57 Å². The minimum Gasteiger partial charge on any atom is -0.113 e. The summed E-state index contributed by atoms with van der Waals surface area (Å²) < 4.78 is 1.23. The quantitative estimate of drug-likeness (QED) is 0.510. The minimum absolute atomic E-state index is 0.0380. The first kappa shape index (κ1) is 12.5. The van der Waals surface area contributed by atoms with E-state index in [1.807, 2.05) is 0 Å². The maximum Gasteiger partial charge on any atom is 0.0845 e. The Hall–Kier alpha value is -0.540. The van der Waals surface area contributed by atoms with Crippen LogP contribution in [0.2, 0.25) is 0 Å². The van der Waals surface area contributed by atoms with Gasteiger partial charge in [-0.25, -0.2) is 0 Å². The van der Waals surface area contributed by atoms with E-state index in [-0.39, 0.29) is 5.38 Å². The number of halogens is 2. The third-order valence-electron chi connectivity index (χ3n) is 3.59. The zero-order chi connectivity index (χ0) is 12.5. The molecule has 1 aliphatic rings. The van der Waals surface area contributed by atoms with E-state index in [0.29, 0.717) is 0 Å². The van der Waals surface area contributed by atoms with E-state index < -0.39 is 0 Å². The van der Waals surface area contributed by atoms with Crippen LogP contribution in [0.1, 0.15) is 34.1 Å². The lowest BCUT2D eigenvalue weighted by Crippen LogP contribution is -1.97. The van der Waals surface area contributed by atoms with Gasteiger partial charge in [0.25, 0.3) is 0 Å². The van der Waals surface area contributed by atoms with Crippen LogP contribution in [0.4, 0.5) is 0 Å². The number of hydrogen-bond donors (Lipinski definition) is 0. The Kier molecular flexibility index (Phi) is 3.62. The van der Waals surface area contributed by atoms with Gasteiger partial charge in [0.2, 0.25) is 0 Å². The van der Waals surface area contributed by atoms with Gasteiger partial charge >= 0.3 is 0 Å². The SMILES string of the molecule is ClC(c1ccc2c(c1)CCC2)c1ccccc1I. The summed E-state index contributed by atoms with van der Waals surface area (Å²) in [5, 5.41) is -0.0380. The molecule has 1 aliphatic carbocycles. The van der Waals surface area contributed by atoms with Gasteiger partial charge in [-0.05, 0) is 70.2 Å². The van der Waals surface area contributed by atoms with Crippen molar-refractivity contribution in [3.8, 4) is 0 Å². The molecule has 3 rings (SSSR count). The van der Waals surface area contributed by atoms with Crippen molar-refractivity contribution in [3.05, 3.63) is 68.3 Å². The molecule has 0 heterocycles. The molecular formula is C16H14ClI. The number of aryl methyl sites for hydroxylation is 2. The highest BCUT2D eigenvalue weighted by Crippen LogP contribution is 2.34. The van der Waals surface area contributed by atoms with E-state index in [1.54, 1.807) is 0 Å². The second kappa shape index (κ2) is 5.22. The van der Waals surface area contributed by atoms with Gasteiger partial charge in [-0.3, -0.25) is 0 Å². The van der Waals surface area contributed by atoms with Crippen molar-refractivity contribution in [1.29, 1.82) is 0 Å². The Labute approximate surface area is 127 Å². The van der Waals surface area contributed by atoms with E-state index in [9.17, 15) is 0 Å². The fraction of sp³-hybridized carbons (Fsp3) is 0.250. The average Bonchev–Trinajstić information content (AvgIpc) is 2.85. The summed E-state index contributed by atoms with van der Waals surface area (Å²) in [6.07, 6.45) is 3.72. The zero-order valence-electron chi connectivity index (χ0n) is 10.00. The maximum absolute atomic E-state index is 6.63. The third kappa shape index (κ3) is 2.30. The molecule has 18 heavy (non-hydrogen) atoms. The molecule has 0 aliphatic heterocycles. The molecule has 0 fully saturated rings. The lowest BCUT2D eigenvalue weighted by Gasteiger charge is -2.13. The first-order valence-electron chi connectivity index (χ1n) is 6.26. The van der Waals surface area contributed by atoms with Crippen LogP contribution < -0.4 is 0 Å². The summed E-state index contributed by atoms with van der Waals surface area (Å²) in [7, 11) is 0. The van der Waals surface area contributed by atoms with Crippen LogP contribution in [0.15, 0.2) is 42.5 Å². The molecule has 0 N–H and O–H groups in total. The molecule has 92 valence electrons. The predicted molar refractivity (Wildman–Crippen MR) is 85.3 cm³/mol. The molecule has 0 nitrogen and oxygen atoms in total. The second-order valence-electron chi connectivity index (χ2n) is 4.77. The van der Waals surface area contributed by atoms with Crippen molar-refractivity contribution in [2.75, 3.05) is 0 Å². The fourth-order valence-corrected chi connectivity index (χ4v) is 3.82. The van der Waals surface area contributed by atoms with Crippen molar-refractivity contribution in [1.82, 2.24) is 0 Å². The summed E-state index contributed by atoms with van der Waals surface area (Å²) >= 11 is 8.99. The molecule has 2 heteroatoms. The molecule has 1 atom stereocenters. The fourth-order valence-electron chi connectivity index (χ4n) is 2.61. The van der Waals surface area contributed by atoms with Crippen LogP contribution >= 0.6 is 34.2 Å². The summed E-state index contributed by atoms with van der Waals surface area (Å²) in [5.41, 5.74) is 5.42. The molecule has 2 aromatic rings. The molecule has 0 spiro atoms. The molecular weight excluding hydrogens is 355 g/mol. The Morgan fingerprint density at radius 3 is 2.61 bits per heavy atom. The first-order valence-corrected chi connectivity index (χ1v) is 7.77. The standard InChI is InChI=1S/C16H14ClI/c17-16(14-6-1-2-7-15(14)18)13-9-8-11-4-3-5-12(11)10-13/h1-2,6-10,16H,3-5H2. The highest BCUT2D eigenvalue weighted by atomic mass is 127. The van der Waals surface area contributed by atoms with E-state index in [2.05, 4.69) is 65.1 Å². The van der Waals surface area contributed by atoms with Crippen LogP contribution in [-0.2, 0) is 12.8 Å². The summed E-state index contributed by atoms with van der Waals surface area (Å²) in [5.74, 6) is 0. The van der Waals surface area contributed by atoms with E-state index in [1.165, 1.54) is 45.1 Å². The van der Waals surface area contributed by atoms with Crippen molar-refractivity contribution in [2.24, 2.45) is 0 Å². The highest BCUT2D eigenvalue weighted by Gasteiger charge is 2.17. The Bertz CT molecular complexity index is 577. The molecule has 1 unspecified atom stereocenters. The normalized spacial score (nSPS) is 15.4. The largest absolute Gasteiger partial charge is 0.113 e. The van der Waals surface area contributed by atoms with Gasteiger partial charge in [0.1, 0.15) is 0 Å². The van der Waals surface area contributed by atoms with Crippen LogP contribution in [0.25, 0.3) is 0 Å². The Morgan fingerprint density at radius 1 is 1.00 bits per heavy atom. The second-order valence-corrected chi connectivity index (χ2v) is 6.36. The van der Waals surface area contributed by atoms with Crippen LogP contribution in [0.3, 0.4) is 0 Å². The molecule has 0 bridgehead atoms. The topological polar surface area (TPSA) is 0 Å². The van der Waals surface area contributed by atoms with Crippen molar-refractivity contribution in [3.63, 3.8) is 0 Å². The zero-order valence-corrected chi connectivity index (χ0v) is 12.9. The number of rotatable bonds is 2. The van der Waals surface area contributed by atoms with E-state index in [0.717, 1.165) is 0 Å². The predicted octanol–water partition coefficient (Wildman–Crippen LogP) is 5.11. The van der Waals surface area contributed by atoms with Gasteiger partial charge in [-0.2, -0.15) is 0 Å². The smallest absolute Gasteiger partial charge is 0.0845 e. The minimum atomic E-state index is -0.0380. The van der Waals surface area contributed by atoms with Gasteiger partial charge < -0.3 is 0 Å².